The van der Waals surface area contributed by atoms with Gasteiger partial charge in [0.2, 0.25) is 5.95 Å². The molecule has 0 saturated carbocycles. The molecule has 20 heavy (non-hydrogen) atoms. The lowest BCUT2D eigenvalue weighted by Gasteiger charge is -2.07. The quantitative estimate of drug-likeness (QED) is 0.740. The standard InChI is InChI=1S/C15H13FN4/c16-14-3-1-4-15(19-14)17-11-12-5-7-13(8-6-12)20-10-2-9-18-20/h1-10H,11H2,(H,17,19). The Labute approximate surface area is 115 Å². The maximum Gasteiger partial charge on any atom is 0.214 e. The molecule has 0 spiro atoms. The highest BCUT2D eigenvalue weighted by molar-refractivity contribution is 5.38. The second-order valence-electron chi connectivity index (χ2n) is 4.32. The fourth-order valence-electron chi connectivity index (χ4n) is 1.89. The minimum Gasteiger partial charge on any atom is -0.366 e. The van der Waals surface area contributed by atoms with Crippen molar-refractivity contribution in [2.75, 3.05) is 5.32 Å². The molecule has 1 aromatic carbocycles. The zero-order valence-electron chi connectivity index (χ0n) is 10.7. The summed E-state index contributed by atoms with van der Waals surface area (Å²) in [6, 6.07) is 14.6. The predicted octanol–water partition coefficient (Wildman–Crippen LogP) is 3.02. The number of pyridine rings is 1. The minimum atomic E-state index is -0.482. The lowest BCUT2D eigenvalue weighted by Crippen LogP contribution is -2.02. The van der Waals surface area contributed by atoms with Crippen LogP contribution in [0.4, 0.5) is 10.2 Å². The second-order valence-corrected chi connectivity index (χ2v) is 4.32. The van der Waals surface area contributed by atoms with Crippen LogP contribution in [0.1, 0.15) is 5.56 Å². The topological polar surface area (TPSA) is 42.7 Å². The Hall–Kier alpha value is -2.69. The number of nitrogens with zero attached hydrogens (tertiary/aromatic N) is 3. The van der Waals surface area contributed by atoms with Crippen molar-refractivity contribution in [1.29, 1.82) is 0 Å². The van der Waals surface area contributed by atoms with Crippen LogP contribution in [0.5, 0.6) is 0 Å². The van der Waals surface area contributed by atoms with Crippen LogP contribution in [0.2, 0.25) is 0 Å². The van der Waals surface area contributed by atoms with Gasteiger partial charge < -0.3 is 5.32 Å². The summed E-state index contributed by atoms with van der Waals surface area (Å²) in [7, 11) is 0. The Balaban J connectivity index is 1.67. The van der Waals surface area contributed by atoms with Gasteiger partial charge in [-0.05, 0) is 35.9 Å². The van der Waals surface area contributed by atoms with Gasteiger partial charge in [-0.15, -0.1) is 0 Å². The van der Waals surface area contributed by atoms with E-state index in [1.54, 1.807) is 23.0 Å². The zero-order chi connectivity index (χ0) is 13.8. The van der Waals surface area contributed by atoms with Gasteiger partial charge in [0.15, 0.2) is 0 Å². The van der Waals surface area contributed by atoms with Crippen molar-refractivity contribution in [1.82, 2.24) is 14.8 Å². The first-order valence-corrected chi connectivity index (χ1v) is 6.27. The molecule has 0 amide bonds. The van der Waals surface area contributed by atoms with Crippen molar-refractivity contribution in [3.8, 4) is 5.69 Å². The van der Waals surface area contributed by atoms with Gasteiger partial charge in [-0.1, -0.05) is 18.2 Å². The van der Waals surface area contributed by atoms with E-state index in [1.165, 1.54) is 6.07 Å². The Morgan fingerprint density at radius 2 is 1.90 bits per heavy atom. The summed E-state index contributed by atoms with van der Waals surface area (Å²) in [4.78, 5) is 3.75. The molecule has 0 fully saturated rings. The molecular weight excluding hydrogens is 255 g/mol. The molecule has 0 saturated heterocycles. The number of rotatable bonds is 4. The largest absolute Gasteiger partial charge is 0.366 e. The molecule has 0 unspecified atom stereocenters. The van der Waals surface area contributed by atoms with Crippen LogP contribution in [0.15, 0.2) is 60.9 Å². The monoisotopic (exact) mass is 268 g/mol. The maximum absolute atomic E-state index is 12.9. The van der Waals surface area contributed by atoms with Crippen molar-refractivity contribution >= 4 is 5.82 Å². The van der Waals surface area contributed by atoms with E-state index in [4.69, 9.17) is 0 Å². The van der Waals surface area contributed by atoms with Gasteiger partial charge in [0, 0.05) is 18.9 Å². The molecule has 0 bridgehead atoms. The molecular formula is C15H13FN4. The van der Waals surface area contributed by atoms with Gasteiger partial charge in [0.25, 0.3) is 0 Å². The summed E-state index contributed by atoms with van der Waals surface area (Å²) in [5, 5.41) is 7.25. The zero-order valence-corrected chi connectivity index (χ0v) is 10.7. The van der Waals surface area contributed by atoms with Gasteiger partial charge in [0.05, 0.1) is 5.69 Å². The molecule has 4 nitrogen and oxygen atoms in total. The third-order valence-corrected chi connectivity index (χ3v) is 2.89. The smallest absolute Gasteiger partial charge is 0.214 e. The fourth-order valence-corrected chi connectivity index (χ4v) is 1.89. The summed E-state index contributed by atoms with van der Waals surface area (Å²) in [5.41, 5.74) is 2.09. The first-order chi connectivity index (χ1) is 9.81. The Morgan fingerprint density at radius 1 is 1.05 bits per heavy atom. The van der Waals surface area contributed by atoms with Crippen LogP contribution in [0, 0.1) is 5.95 Å². The number of anilines is 1. The molecule has 5 heteroatoms. The first-order valence-electron chi connectivity index (χ1n) is 6.27. The maximum atomic E-state index is 12.9. The lowest BCUT2D eigenvalue weighted by molar-refractivity contribution is 0.585. The van der Waals surface area contributed by atoms with E-state index < -0.39 is 5.95 Å². The number of hydrogen-bond donors (Lipinski definition) is 1. The summed E-state index contributed by atoms with van der Waals surface area (Å²) in [6.45, 7) is 0.593. The predicted molar refractivity (Wildman–Crippen MR) is 75.1 cm³/mol. The van der Waals surface area contributed by atoms with Crippen LogP contribution >= 0.6 is 0 Å². The van der Waals surface area contributed by atoms with Crippen molar-refractivity contribution in [3.05, 3.63) is 72.4 Å². The summed E-state index contributed by atoms with van der Waals surface area (Å²) < 4.78 is 14.7. The van der Waals surface area contributed by atoms with Gasteiger partial charge in [0.1, 0.15) is 5.82 Å². The van der Waals surface area contributed by atoms with Crippen LogP contribution in [0.3, 0.4) is 0 Å². The summed E-state index contributed by atoms with van der Waals surface area (Å²) in [5.74, 6) is 0.0465. The Bertz CT molecular complexity index is 677. The molecule has 3 rings (SSSR count). The fraction of sp³-hybridized carbons (Fsp3) is 0.0667. The molecule has 0 aliphatic rings. The normalized spacial score (nSPS) is 10.4. The van der Waals surface area contributed by atoms with Crippen LogP contribution in [-0.2, 0) is 6.54 Å². The molecule has 0 aliphatic heterocycles. The van der Waals surface area contributed by atoms with Crippen molar-refractivity contribution in [2.45, 2.75) is 6.54 Å². The number of nitrogens with one attached hydrogen (secondary N) is 1. The molecule has 0 aliphatic carbocycles. The highest BCUT2D eigenvalue weighted by Gasteiger charge is 1.99. The summed E-state index contributed by atoms with van der Waals surface area (Å²) >= 11 is 0. The van der Waals surface area contributed by atoms with E-state index in [1.807, 2.05) is 36.5 Å². The average molecular weight is 268 g/mol. The molecule has 0 atom stereocenters. The number of benzene rings is 1. The highest BCUT2D eigenvalue weighted by Crippen LogP contribution is 2.11. The molecule has 3 aromatic rings. The summed E-state index contributed by atoms with van der Waals surface area (Å²) in [6.07, 6.45) is 3.63. The van der Waals surface area contributed by atoms with Crippen molar-refractivity contribution in [2.24, 2.45) is 0 Å². The molecule has 2 heterocycles. The molecule has 0 radical (unpaired) electrons. The minimum absolute atomic E-state index is 0.482. The Kier molecular flexibility index (Phi) is 3.41. The van der Waals surface area contributed by atoms with E-state index >= 15 is 0 Å². The first kappa shape index (κ1) is 12.3. The van der Waals surface area contributed by atoms with E-state index in [0.717, 1.165) is 11.3 Å². The number of halogens is 1. The highest BCUT2D eigenvalue weighted by atomic mass is 19.1. The van der Waals surface area contributed by atoms with Crippen molar-refractivity contribution in [3.63, 3.8) is 0 Å². The van der Waals surface area contributed by atoms with Crippen LogP contribution < -0.4 is 5.32 Å². The second kappa shape index (κ2) is 5.52. The third-order valence-electron chi connectivity index (χ3n) is 2.89. The van der Waals surface area contributed by atoms with Gasteiger partial charge in [-0.3, -0.25) is 0 Å². The van der Waals surface area contributed by atoms with E-state index in [0.29, 0.717) is 12.4 Å². The number of aromatic nitrogens is 3. The van der Waals surface area contributed by atoms with E-state index in [-0.39, 0.29) is 0 Å². The molecule has 1 N–H and O–H groups in total. The van der Waals surface area contributed by atoms with Crippen molar-refractivity contribution < 1.29 is 4.39 Å². The van der Waals surface area contributed by atoms with Gasteiger partial charge in [-0.2, -0.15) is 9.49 Å². The molecule has 100 valence electrons. The van der Waals surface area contributed by atoms with Crippen LogP contribution in [-0.4, -0.2) is 14.8 Å². The third kappa shape index (κ3) is 2.83. The lowest BCUT2D eigenvalue weighted by atomic mass is 10.2. The number of hydrogen-bond acceptors (Lipinski definition) is 3. The van der Waals surface area contributed by atoms with Gasteiger partial charge >= 0.3 is 0 Å². The SMILES string of the molecule is Fc1cccc(NCc2ccc(-n3cccn3)cc2)n1. The van der Waals surface area contributed by atoms with E-state index in [9.17, 15) is 4.39 Å². The molecule has 2 aromatic heterocycles. The van der Waals surface area contributed by atoms with Crippen LogP contribution in [0.25, 0.3) is 5.69 Å². The van der Waals surface area contributed by atoms with E-state index in [2.05, 4.69) is 15.4 Å². The average Bonchev–Trinajstić information content (AvgIpc) is 3.00. The Morgan fingerprint density at radius 3 is 2.60 bits per heavy atom. The van der Waals surface area contributed by atoms with Gasteiger partial charge in [-0.25, -0.2) is 9.67 Å².